The van der Waals surface area contributed by atoms with Crippen LogP contribution in [-0.4, -0.2) is 256 Å². The molecule has 0 spiro atoms. The van der Waals surface area contributed by atoms with Gasteiger partial charge in [0.15, 0.2) is 31.3 Å². The Morgan fingerprint density at radius 3 is 1.36 bits per heavy atom. The summed E-state index contributed by atoms with van der Waals surface area (Å²) in [5, 5.41) is 163. The van der Waals surface area contributed by atoms with Crippen molar-refractivity contribution in [1.29, 1.82) is 0 Å². The zero-order valence-corrected chi connectivity index (χ0v) is 51.4. The van der Waals surface area contributed by atoms with Gasteiger partial charge in [0.25, 0.3) is 0 Å². The molecule has 16 N–H and O–H groups in total. The largest absolute Gasteiger partial charge is 0.479 e. The molecule has 4 saturated heterocycles. The number of carboxylic acid groups (broad SMARTS) is 1. The summed E-state index contributed by atoms with van der Waals surface area (Å²) < 4.78 is 44.8. The van der Waals surface area contributed by atoms with Crippen LogP contribution in [0.1, 0.15) is 194 Å². The summed E-state index contributed by atoms with van der Waals surface area (Å²) in [6.45, 7) is 1.28. The second-order valence-electron chi connectivity index (χ2n) is 24.1. The highest BCUT2D eigenvalue weighted by atomic mass is 16.8. The van der Waals surface area contributed by atoms with E-state index in [4.69, 9.17) is 37.9 Å². The Morgan fingerprint density at radius 2 is 0.851 bits per heavy atom. The Balaban J connectivity index is 1.33. The van der Waals surface area contributed by atoms with Gasteiger partial charge in [0, 0.05) is 0 Å². The molecule has 87 heavy (non-hydrogen) atoms. The quantitative estimate of drug-likeness (QED) is 0.0300. The lowest BCUT2D eigenvalue weighted by Crippen LogP contribution is -2.66. The number of unbranched alkanes of at least 4 members (excludes halogenated alkanes) is 23. The highest BCUT2D eigenvalue weighted by Gasteiger charge is 2.55. The first-order chi connectivity index (χ1) is 41.8. The smallest absolute Gasteiger partial charge is 0.335 e. The summed E-state index contributed by atoms with van der Waals surface area (Å²) in [6.07, 6.45) is -7.58. The zero-order chi connectivity index (χ0) is 63.8. The fraction of sp³-hybridized carbons (Fsp3) is 0.934. The van der Waals surface area contributed by atoms with Crippen LogP contribution in [0.3, 0.4) is 0 Å². The number of aliphatic hydroxyl groups is 14. The standard InChI is InChI=1S/C61H111NO25/c1-3-5-7-9-11-13-15-17-18-20-21-23-25-27-29-31-38(65)37(62-56(77)39(66)32-30-28-26-24-22-19-16-14-12-10-8-6-4-2)35-80-59-52(76)48(72)54(55(87-59)57(78)79)86-61-50(74)46(70)44(68)42(84-61)36-81-58-51(75)47(71)53(41(34-64)83-58)85-60-49(73)45(69)43(67)40(33-63)82-60/h13,15,37-55,58-61,63-76H,3-12,14,16-36H2,1-2H3,(H,62,77)(H,78,79)/b15-13-/t37?,38?,39-,40-,41-,42+,43-,44+,45+,46-,47-,48+,49-,50+,51-,52+,53-,54-,55-,58+,59-,60-,61+/m0/s1. The molecule has 26 nitrogen and oxygen atoms in total. The van der Waals surface area contributed by atoms with Gasteiger partial charge in [0.1, 0.15) is 97.7 Å². The molecule has 0 saturated carbocycles. The third-order valence-corrected chi connectivity index (χ3v) is 17.0. The Morgan fingerprint density at radius 1 is 0.448 bits per heavy atom. The van der Waals surface area contributed by atoms with Crippen LogP contribution in [0, 0.1) is 0 Å². The highest BCUT2D eigenvalue weighted by molar-refractivity contribution is 5.80. The summed E-state index contributed by atoms with van der Waals surface area (Å²) in [7, 11) is 0. The van der Waals surface area contributed by atoms with Gasteiger partial charge >= 0.3 is 5.97 Å². The van der Waals surface area contributed by atoms with Crippen molar-refractivity contribution in [3.63, 3.8) is 0 Å². The van der Waals surface area contributed by atoms with Gasteiger partial charge in [0.2, 0.25) is 5.91 Å². The summed E-state index contributed by atoms with van der Waals surface area (Å²) in [6, 6.07) is -1.19. The fourth-order valence-electron chi connectivity index (χ4n) is 11.4. The Kier molecular flexibility index (Phi) is 38.0. The number of aliphatic hydroxyl groups excluding tert-OH is 14. The Bertz CT molecular complexity index is 1840. The molecule has 4 aliphatic heterocycles. The van der Waals surface area contributed by atoms with Crippen LogP contribution in [0.25, 0.3) is 0 Å². The van der Waals surface area contributed by atoms with Crippen molar-refractivity contribution in [2.75, 3.05) is 26.4 Å². The van der Waals surface area contributed by atoms with Crippen LogP contribution in [0.4, 0.5) is 0 Å². The van der Waals surface area contributed by atoms with Crippen molar-refractivity contribution in [2.45, 2.75) is 335 Å². The minimum Gasteiger partial charge on any atom is -0.479 e. The summed E-state index contributed by atoms with van der Waals surface area (Å²) in [5.74, 6) is -2.52. The number of ether oxygens (including phenoxy) is 8. The molecule has 4 rings (SSSR count). The monoisotopic (exact) mass is 1260 g/mol. The van der Waals surface area contributed by atoms with E-state index in [0.29, 0.717) is 12.8 Å². The number of nitrogens with one attached hydrogen (secondary N) is 1. The third kappa shape index (κ3) is 25.7. The van der Waals surface area contributed by atoms with E-state index in [9.17, 15) is 86.2 Å². The number of amides is 1. The zero-order valence-electron chi connectivity index (χ0n) is 51.4. The molecule has 4 aliphatic rings. The van der Waals surface area contributed by atoms with Crippen molar-refractivity contribution < 1.29 is 124 Å². The first kappa shape index (κ1) is 77.2. The summed E-state index contributed by atoms with van der Waals surface area (Å²) in [5.41, 5.74) is 0. The average Bonchev–Trinajstić information content (AvgIpc) is 3.52. The molecule has 23 atom stereocenters. The van der Waals surface area contributed by atoms with Gasteiger partial charge < -0.3 is 120 Å². The minimum absolute atomic E-state index is 0.174. The summed E-state index contributed by atoms with van der Waals surface area (Å²) >= 11 is 0. The second kappa shape index (κ2) is 42.8. The fourth-order valence-corrected chi connectivity index (χ4v) is 11.4. The van der Waals surface area contributed by atoms with Crippen molar-refractivity contribution >= 4 is 11.9 Å². The van der Waals surface area contributed by atoms with Crippen LogP contribution < -0.4 is 5.32 Å². The van der Waals surface area contributed by atoms with E-state index in [1.165, 1.54) is 77.0 Å². The molecule has 0 aliphatic carbocycles. The van der Waals surface area contributed by atoms with Gasteiger partial charge in [-0.15, -0.1) is 0 Å². The molecule has 2 unspecified atom stereocenters. The first-order valence-electron chi connectivity index (χ1n) is 32.5. The Hall–Kier alpha value is -2.20. The number of carbonyl (C=O) groups excluding carboxylic acids is 1. The SMILES string of the molecule is CCCCCC/C=C\CCCCCCCCCC(O)C(CO[C@H]1O[C@H](C(=O)O)[C@@H](O[C@H]2O[C@H](CO[C@@H]3O[C@@H](CO)[C@H](O[C@@H]4O[C@@H](CO)[C@H](O)[C@@H](O)[C@@H]4O)[C@@H](O)[C@@H]3O)[C@@H](O)[C@H](O)[C@H]2O)[C@H](O)[C@H]1O)NC(=O)[C@@H](O)CCCCCCCCCCCCCCC. The van der Waals surface area contributed by atoms with E-state index >= 15 is 0 Å². The van der Waals surface area contributed by atoms with Gasteiger partial charge in [0.05, 0.1) is 38.6 Å². The van der Waals surface area contributed by atoms with Crippen LogP contribution in [0.15, 0.2) is 12.2 Å². The first-order valence-corrected chi connectivity index (χ1v) is 32.5. The predicted octanol–water partition coefficient (Wildman–Crippen LogP) is 1.09. The maximum Gasteiger partial charge on any atom is 0.335 e. The molecule has 1 amide bonds. The molecule has 0 aromatic carbocycles. The number of hydrogen-bond acceptors (Lipinski definition) is 24. The molecule has 4 heterocycles. The average molecular weight is 1260 g/mol. The Labute approximate surface area is 513 Å². The molecule has 0 aromatic rings. The van der Waals surface area contributed by atoms with Gasteiger partial charge in [-0.2, -0.15) is 0 Å². The molecule has 0 radical (unpaired) electrons. The molecule has 26 heteroatoms. The van der Waals surface area contributed by atoms with Crippen LogP contribution in [-0.2, 0) is 47.5 Å². The van der Waals surface area contributed by atoms with Crippen molar-refractivity contribution in [2.24, 2.45) is 0 Å². The van der Waals surface area contributed by atoms with Gasteiger partial charge in [-0.25, -0.2) is 4.79 Å². The number of carboxylic acids is 1. The van der Waals surface area contributed by atoms with Crippen molar-refractivity contribution in [3.8, 4) is 0 Å². The van der Waals surface area contributed by atoms with E-state index < -0.39 is 179 Å². The van der Waals surface area contributed by atoms with Gasteiger partial charge in [-0.05, 0) is 38.5 Å². The number of aliphatic carboxylic acids is 1. The van der Waals surface area contributed by atoms with Gasteiger partial charge in [-0.1, -0.05) is 167 Å². The van der Waals surface area contributed by atoms with E-state index in [1.807, 2.05) is 0 Å². The van der Waals surface area contributed by atoms with E-state index in [1.54, 1.807) is 0 Å². The number of carbonyl (C=O) groups is 2. The number of allylic oxidation sites excluding steroid dienone is 2. The maximum absolute atomic E-state index is 13.5. The lowest BCUT2D eigenvalue weighted by atomic mass is 9.96. The van der Waals surface area contributed by atoms with E-state index in [2.05, 4.69) is 31.3 Å². The topological polar surface area (TPSA) is 423 Å². The molecular formula is C61H111NO25. The van der Waals surface area contributed by atoms with Crippen LogP contribution in [0.5, 0.6) is 0 Å². The lowest BCUT2D eigenvalue weighted by Gasteiger charge is -2.47. The summed E-state index contributed by atoms with van der Waals surface area (Å²) in [4.78, 5) is 26.2. The lowest BCUT2D eigenvalue weighted by molar-refractivity contribution is -0.371. The predicted molar refractivity (Wildman–Crippen MR) is 312 cm³/mol. The van der Waals surface area contributed by atoms with Crippen LogP contribution in [0.2, 0.25) is 0 Å². The normalized spacial score (nSPS) is 34.3. The molecular weight excluding hydrogens is 1150 g/mol. The highest BCUT2D eigenvalue weighted by Crippen LogP contribution is 2.33. The molecule has 510 valence electrons. The molecule has 4 fully saturated rings. The van der Waals surface area contributed by atoms with Crippen molar-refractivity contribution in [1.82, 2.24) is 5.32 Å². The number of hydrogen-bond donors (Lipinski definition) is 16. The van der Waals surface area contributed by atoms with Gasteiger partial charge in [-0.3, -0.25) is 4.79 Å². The minimum atomic E-state index is -2.18. The molecule has 0 bridgehead atoms. The third-order valence-electron chi connectivity index (χ3n) is 17.0. The maximum atomic E-state index is 13.5. The van der Waals surface area contributed by atoms with Crippen LogP contribution >= 0.6 is 0 Å². The van der Waals surface area contributed by atoms with E-state index in [0.717, 1.165) is 77.0 Å². The molecule has 0 aromatic heterocycles. The number of rotatable bonds is 45. The van der Waals surface area contributed by atoms with Crippen molar-refractivity contribution in [3.05, 3.63) is 12.2 Å². The van der Waals surface area contributed by atoms with E-state index in [-0.39, 0.29) is 12.8 Å². The second-order valence-corrected chi connectivity index (χ2v) is 24.1.